The zero-order valence-electron chi connectivity index (χ0n) is 18.7. The summed E-state index contributed by atoms with van der Waals surface area (Å²) in [6.07, 6.45) is 2.12. The Morgan fingerprint density at radius 3 is 2.56 bits per heavy atom. The van der Waals surface area contributed by atoms with E-state index in [9.17, 15) is 14.4 Å². The minimum absolute atomic E-state index is 0.00279. The molecule has 3 rings (SSSR count). The van der Waals surface area contributed by atoms with Crippen LogP contribution in [0.2, 0.25) is 0 Å². The number of aromatic nitrogens is 3. The van der Waals surface area contributed by atoms with Crippen molar-refractivity contribution in [3.8, 4) is 11.5 Å². The molecule has 0 radical (unpaired) electrons. The van der Waals surface area contributed by atoms with Crippen molar-refractivity contribution in [3.05, 3.63) is 62.6 Å². The van der Waals surface area contributed by atoms with Gasteiger partial charge in [-0.05, 0) is 31.9 Å². The first-order chi connectivity index (χ1) is 15.4. The fourth-order valence-electron chi connectivity index (χ4n) is 3.50. The summed E-state index contributed by atoms with van der Waals surface area (Å²) in [5, 5.41) is 0. The summed E-state index contributed by atoms with van der Waals surface area (Å²) in [4.78, 5) is 46.3. The van der Waals surface area contributed by atoms with Crippen LogP contribution in [0.15, 0.2) is 44.3 Å². The standard InChI is InChI=1S/C23H29N5O4/c1-4-6-13-28-20(24)19(21(30)26-23(28)31)27(12-5-2)18(29)14-17-15(3)32-22(25-17)16-10-8-7-9-11-16/h7-11H,4-6,12-14,24H2,1-3H3,(H,26,30,31). The Hall–Kier alpha value is -3.62. The van der Waals surface area contributed by atoms with Crippen LogP contribution < -0.4 is 21.9 Å². The molecule has 0 atom stereocenters. The van der Waals surface area contributed by atoms with Gasteiger partial charge in [-0.2, -0.15) is 0 Å². The van der Waals surface area contributed by atoms with Crippen LogP contribution in [-0.2, 0) is 17.8 Å². The zero-order chi connectivity index (χ0) is 23.3. The first-order valence-corrected chi connectivity index (χ1v) is 10.8. The number of hydrogen-bond acceptors (Lipinski definition) is 6. The molecule has 0 spiro atoms. The maximum Gasteiger partial charge on any atom is 0.330 e. The van der Waals surface area contributed by atoms with Crippen LogP contribution >= 0.6 is 0 Å². The van der Waals surface area contributed by atoms with Crippen LogP contribution in [0.3, 0.4) is 0 Å². The van der Waals surface area contributed by atoms with Crippen molar-refractivity contribution >= 4 is 17.4 Å². The fraction of sp³-hybridized carbons (Fsp3) is 0.391. The van der Waals surface area contributed by atoms with Gasteiger partial charge in [0.05, 0.1) is 12.1 Å². The van der Waals surface area contributed by atoms with Crippen molar-refractivity contribution in [1.29, 1.82) is 0 Å². The molecule has 170 valence electrons. The van der Waals surface area contributed by atoms with Gasteiger partial charge in [0, 0.05) is 18.7 Å². The van der Waals surface area contributed by atoms with Crippen LogP contribution in [0.4, 0.5) is 11.5 Å². The number of aromatic amines is 1. The van der Waals surface area contributed by atoms with Gasteiger partial charge in [0.2, 0.25) is 11.8 Å². The Kier molecular flexibility index (Phi) is 7.29. The smallest absolute Gasteiger partial charge is 0.330 e. The van der Waals surface area contributed by atoms with Gasteiger partial charge in [0.1, 0.15) is 11.6 Å². The van der Waals surface area contributed by atoms with E-state index in [1.54, 1.807) is 6.92 Å². The third-order valence-electron chi connectivity index (χ3n) is 5.20. The van der Waals surface area contributed by atoms with Gasteiger partial charge in [0.25, 0.3) is 5.56 Å². The van der Waals surface area contributed by atoms with Gasteiger partial charge in [-0.15, -0.1) is 0 Å². The number of nitrogen functional groups attached to an aromatic ring is 1. The third kappa shape index (κ3) is 4.82. The number of nitrogens with two attached hydrogens (primary N) is 1. The molecule has 32 heavy (non-hydrogen) atoms. The summed E-state index contributed by atoms with van der Waals surface area (Å²) in [6.45, 7) is 6.28. The molecule has 0 bridgehead atoms. The van der Waals surface area contributed by atoms with Gasteiger partial charge >= 0.3 is 5.69 Å². The van der Waals surface area contributed by atoms with E-state index in [2.05, 4.69) is 9.97 Å². The second-order valence-corrected chi connectivity index (χ2v) is 7.61. The van der Waals surface area contributed by atoms with Gasteiger partial charge in [-0.3, -0.25) is 19.1 Å². The van der Waals surface area contributed by atoms with Gasteiger partial charge in [-0.1, -0.05) is 38.5 Å². The van der Waals surface area contributed by atoms with Gasteiger partial charge < -0.3 is 15.1 Å². The van der Waals surface area contributed by atoms with Crippen molar-refractivity contribution in [3.63, 3.8) is 0 Å². The minimum Gasteiger partial charge on any atom is -0.441 e. The lowest BCUT2D eigenvalue weighted by molar-refractivity contribution is -0.118. The zero-order valence-corrected chi connectivity index (χ0v) is 18.7. The van der Waals surface area contributed by atoms with Crippen LogP contribution in [0.1, 0.15) is 44.6 Å². The number of amides is 1. The number of oxazole rings is 1. The van der Waals surface area contributed by atoms with E-state index in [0.29, 0.717) is 30.3 Å². The molecule has 0 aliphatic carbocycles. The number of H-pyrrole nitrogens is 1. The maximum absolute atomic E-state index is 13.3. The Balaban J connectivity index is 1.95. The quantitative estimate of drug-likeness (QED) is 0.528. The predicted octanol–water partition coefficient (Wildman–Crippen LogP) is 2.87. The number of nitrogens with zero attached hydrogens (tertiary/aromatic N) is 3. The van der Waals surface area contributed by atoms with Gasteiger partial charge in [0.15, 0.2) is 5.69 Å². The normalized spacial score (nSPS) is 11.0. The summed E-state index contributed by atoms with van der Waals surface area (Å²) in [7, 11) is 0. The first kappa shape index (κ1) is 23.1. The number of hydrogen-bond donors (Lipinski definition) is 2. The molecule has 0 saturated carbocycles. The van der Waals surface area contributed by atoms with Crippen LogP contribution in [0, 0.1) is 6.92 Å². The molecule has 2 heterocycles. The van der Waals surface area contributed by atoms with Crippen molar-refractivity contribution < 1.29 is 9.21 Å². The predicted molar refractivity (Wildman–Crippen MR) is 124 cm³/mol. The Morgan fingerprint density at radius 1 is 1.19 bits per heavy atom. The third-order valence-corrected chi connectivity index (χ3v) is 5.20. The number of nitrogens with one attached hydrogen (secondary N) is 1. The lowest BCUT2D eigenvalue weighted by Crippen LogP contribution is -2.42. The summed E-state index contributed by atoms with van der Waals surface area (Å²) < 4.78 is 7.06. The lowest BCUT2D eigenvalue weighted by Gasteiger charge is -2.24. The Labute approximate surface area is 185 Å². The molecule has 1 amide bonds. The Bertz CT molecular complexity index is 1190. The summed E-state index contributed by atoms with van der Waals surface area (Å²) in [5.74, 6) is 0.610. The second-order valence-electron chi connectivity index (χ2n) is 7.61. The summed E-state index contributed by atoms with van der Waals surface area (Å²) in [5.41, 5.74) is 6.26. The highest BCUT2D eigenvalue weighted by Crippen LogP contribution is 2.23. The van der Waals surface area contributed by atoms with Crippen molar-refractivity contribution in [1.82, 2.24) is 14.5 Å². The average Bonchev–Trinajstić information content (AvgIpc) is 3.13. The lowest BCUT2D eigenvalue weighted by atomic mass is 10.2. The van der Waals surface area contributed by atoms with Crippen LogP contribution in [-0.4, -0.2) is 27.0 Å². The largest absolute Gasteiger partial charge is 0.441 e. The molecule has 2 aromatic heterocycles. The molecule has 0 unspecified atom stereocenters. The molecular weight excluding hydrogens is 410 g/mol. The van der Waals surface area contributed by atoms with E-state index >= 15 is 0 Å². The number of carbonyl (C=O) groups excluding carboxylic acids is 1. The number of rotatable bonds is 9. The van der Waals surface area contributed by atoms with E-state index in [4.69, 9.17) is 10.2 Å². The van der Waals surface area contributed by atoms with Crippen molar-refractivity contribution in [2.75, 3.05) is 17.2 Å². The monoisotopic (exact) mass is 439 g/mol. The molecule has 1 aromatic carbocycles. The Morgan fingerprint density at radius 2 is 1.91 bits per heavy atom. The molecule has 0 saturated heterocycles. The van der Waals surface area contributed by atoms with Crippen LogP contribution in [0.25, 0.3) is 11.5 Å². The number of anilines is 2. The molecule has 9 nitrogen and oxygen atoms in total. The number of carbonyl (C=O) groups is 1. The molecule has 9 heteroatoms. The first-order valence-electron chi connectivity index (χ1n) is 10.8. The van der Waals surface area contributed by atoms with Crippen molar-refractivity contribution in [2.24, 2.45) is 0 Å². The number of benzene rings is 1. The molecular formula is C23H29N5O4. The summed E-state index contributed by atoms with van der Waals surface area (Å²) in [6, 6.07) is 9.41. The number of aryl methyl sites for hydroxylation is 1. The number of unbranched alkanes of at least 4 members (excludes halogenated alkanes) is 1. The molecule has 0 fully saturated rings. The SMILES string of the molecule is CCCCn1c(N)c(N(CCC)C(=O)Cc2nc(-c3ccccc3)oc2C)c(=O)[nH]c1=O. The average molecular weight is 440 g/mol. The maximum atomic E-state index is 13.3. The topological polar surface area (TPSA) is 127 Å². The highest BCUT2D eigenvalue weighted by atomic mass is 16.4. The fourth-order valence-corrected chi connectivity index (χ4v) is 3.50. The molecule has 3 N–H and O–H groups in total. The second kappa shape index (κ2) is 10.1. The van der Waals surface area contributed by atoms with E-state index < -0.39 is 11.2 Å². The van der Waals surface area contributed by atoms with E-state index in [-0.39, 0.29) is 30.4 Å². The van der Waals surface area contributed by atoms with E-state index in [0.717, 1.165) is 18.4 Å². The highest BCUT2D eigenvalue weighted by molar-refractivity contribution is 5.96. The van der Waals surface area contributed by atoms with E-state index in [1.807, 2.05) is 44.2 Å². The summed E-state index contributed by atoms with van der Waals surface area (Å²) >= 11 is 0. The van der Waals surface area contributed by atoms with Crippen molar-refractivity contribution in [2.45, 2.75) is 53.0 Å². The molecule has 0 aliphatic heterocycles. The van der Waals surface area contributed by atoms with Crippen LogP contribution in [0.5, 0.6) is 0 Å². The molecule has 3 aromatic rings. The highest BCUT2D eigenvalue weighted by Gasteiger charge is 2.25. The van der Waals surface area contributed by atoms with E-state index in [1.165, 1.54) is 9.47 Å². The minimum atomic E-state index is -0.677. The van der Waals surface area contributed by atoms with Gasteiger partial charge in [-0.25, -0.2) is 9.78 Å². The molecule has 0 aliphatic rings.